The minimum atomic E-state index is 0.568. The Morgan fingerprint density at radius 3 is 2.25 bits per heavy atom. The van der Waals surface area contributed by atoms with E-state index in [0.29, 0.717) is 5.41 Å². The molecule has 2 aliphatic rings. The lowest BCUT2D eigenvalue weighted by atomic mass is 9.92. The second-order valence-corrected chi connectivity index (χ2v) is 4.70. The molecule has 0 aromatic heterocycles. The van der Waals surface area contributed by atoms with Crippen molar-refractivity contribution in [3.05, 3.63) is 11.1 Å². The molecule has 2 unspecified atom stereocenters. The first kappa shape index (κ1) is 8.31. The molecule has 2 atom stereocenters. The largest absolute Gasteiger partial charge is 0.312 e. The molecule has 1 aliphatic heterocycles. The van der Waals surface area contributed by atoms with Gasteiger partial charge in [-0.05, 0) is 31.3 Å². The van der Waals surface area contributed by atoms with E-state index in [0.717, 1.165) is 18.4 Å². The molecule has 1 saturated heterocycles. The Hall–Kier alpha value is -0.300. The fourth-order valence-electron chi connectivity index (χ4n) is 3.04. The summed E-state index contributed by atoms with van der Waals surface area (Å²) in [7, 11) is 0. The predicted molar refractivity (Wildman–Crippen MR) is 52.0 cm³/mol. The van der Waals surface area contributed by atoms with Gasteiger partial charge >= 0.3 is 0 Å². The fraction of sp³-hybridized carbons (Fsp3) is 0.818. The average Bonchev–Trinajstić information content (AvgIpc) is 2.53. The van der Waals surface area contributed by atoms with Crippen molar-refractivity contribution in [1.82, 2.24) is 5.32 Å². The van der Waals surface area contributed by atoms with Crippen molar-refractivity contribution in [3.63, 3.8) is 0 Å². The van der Waals surface area contributed by atoms with E-state index in [1.807, 2.05) is 0 Å². The third-order valence-electron chi connectivity index (χ3n) is 4.15. The lowest BCUT2D eigenvalue weighted by Gasteiger charge is -2.12. The van der Waals surface area contributed by atoms with Crippen LogP contribution in [0.2, 0.25) is 0 Å². The van der Waals surface area contributed by atoms with Gasteiger partial charge in [0.1, 0.15) is 0 Å². The quantitative estimate of drug-likeness (QED) is 0.543. The third kappa shape index (κ3) is 0.779. The summed E-state index contributed by atoms with van der Waals surface area (Å²) in [6.07, 6.45) is 0. The molecule has 1 nitrogen and oxygen atoms in total. The van der Waals surface area contributed by atoms with E-state index in [1.54, 1.807) is 5.57 Å². The van der Waals surface area contributed by atoms with E-state index in [9.17, 15) is 0 Å². The van der Waals surface area contributed by atoms with Gasteiger partial charge in [0.2, 0.25) is 0 Å². The molecular formula is C11H19N. The summed E-state index contributed by atoms with van der Waals surface area (Å²) in [6, 6.07) is 0. The van der Waals surface area contributed by atoms with Crippen LogP contribution in [0.5, 0.6) is 0 Å². The number of rotatable bonds is 0. The van der Waals surface area contributed by atoms with Crippen molar-refractivity contribution < 1.29 is 0 Å². The lowest BCUT2D eigenvalue weighted by molar-refractivity contribution is 0.569. The van der Waals surface area contributed by atoms with Gasteiger partial charge in [-0.3, -0.25) is 0 Å². The van der Waals surface area contributed by atoms with Crippen LogP contribution in [0.3, 0.4) is 0 Å². The lowest BCUT2D eigenvalue weighted by Crippen LogP contribution is -2.12. The maximum atomic E-state index is 3.51. The first-order valence-corrected chi connectivity index (χ1v) is 4.98. The van der Waals surface area contributed by atoms with Gasteiger partial charge in [-0.25, -0.2) is 0 Å². The van der Waals surface area contributed by atoms with Gasteiger partial charge in [0, 0.05) is 18.5 Å². The minimum absolute atomic E-state index is 0.568. The van der Waals surface area contributed by atoms with Gasteiger partial charge in [0.25, 0.3) is 0 Å². The Morgan fingerprint density at radius 1 is 1.33 bits per heavy atom. The summed E-state index contributed by atoms with van der Waals surface area (Å²) in [5, 5.41) is 3.51. The molecule has 1 aliphatic carbocycles. The van der Waals surface area contributed by atoms with E-state index >= 15 is 0 Å². The Kier molecular flexibility index (Phi) is 1.63. The van der Waals surface area contributed by atoms with Crippen LogP contribution in [0, 0.1) is 17.3 Å². The summed E-state index contributed by atoms with van der Waals surface area (Å²) >= 11 is 0. The second-order valence-electron chi connectivity index (χ2n) is 4.70. The van der Waals surface area contributed by atoms with E-state index in [2.05, 4.69) is 33.0 Å². The number of nitrogens with one attached hydrogen (secondary N) is 1. The molecule has 0 radical (unpaired) electrons. The molecule has 1 heterocycles. The molecule has 1 N–H and O–H groups in total. The van der Waals surface area contributed by atoms with Crippen LogP contribution in [-0.2, 0) is 0 Å². The van der Waals surface area contributed by atoms with Gasteiger partial charge in [-0.15, -0.1) is 0 Å². The molecule has 2 fully saturated rings. The maximum Gasteiger partial charge on any atom is 0.0173 e. The Morgan fingerprint density at radius 2 is 1.92 bits per heavy atom. The van der Waals surface area contributed by atoms with Gasteiger partial charge in [-0.1, -0.05) is 19.4 Å². The van der Waals surface area contributed by atoms with Crippen molar-refractivity contribution >= 4 is 0 Å². The molecule has 1 heteroatoms. The van der Waals surface area contributed by atoms with E-state index in [4.69, 9.17) is 0 Å². The Bertz CT molecular complexity index is 227. The molecule has 0 aromatic carbocycles. The monoisotopic (exact) mass is 165 g/mol. The van der Waals surface area contributed by atoms with Crippen molar-refractivity contribution in [1.29, 1.82) is 0 Å². The first-order chi connectivity index (χ1) is 5.60. The first-order valence-electron chi connectivity index (χ1n) is 4.98. The van der Waals surface area contributed by atoms with Crippen LogP contribution in [-0.4, -0.2) is 13.1 Å². The third-order valence-corrected chi connectivity index (χ3v) is 4.15. The number of allylic oxidation sites excluding steroid dienone is 1. The Labute approximate surface area is 75.2 Å². The summed E-state index contributed by atoms with van der Waals surface area (Å²) in [5.41, 5.74) is 3.80. The molecule has 0 amide bonds. The molecule has 0 aromatic rings. The summed E-state index contributed by atoms with van der Waals surface area (Å²) < 4.78 is 0. The zero-order valence-electron chi connectivity index (χ0n) is 8.57. The van der Waals surface area contributed by atoms with Crippen LogP contribution in [0.4, 0.5) is 0 Å². The molecule has 1 saturated carbocycles. The average molecular weight is 165 g/mol. The number of hydrogen-bond donors (Lipinski definition) is 1. The molecule has 1 spiro atoms. The van der Waals surface area contributed by atoms with Crippen molar-refractivity contribution in [3.8, 4) is 0 Å². The van der Waals surface area contributed by atoms with Crippen LogP contribution in [0.1, 0.15) is 27.7 Å². The summed E-state index contributed by atoms with van der Waals surface area (Å²) in [4.78, 5) is 0. The fourth-order valence-corrected chi connectivity index (χ4v) is 3.04. The number of hydrogen-bond acceptors (Lipinski definition) is 1. The van der Waals surface area contributed by atoms with Gasteiger partial charge < -0.3 is 5.32 Å². The van der Waals surface area contributed by atoms with Crippen molar-refractivity contribution in [2.45, 2.75) is 27.7 Å². The minimum Gasteiger partial charge on any atom is -0.312 e. The van der Waals surface area contributed by atoms with E-state index < -0.39 is 0 Å². The predicted octanol–water partition coefficient (Wildman–Crippen LogP) is 2.20. The molecule has 2 rings (SSSR count). The summed E-state index contributed by atoms with van der Waals surface area (Å²) in [6.45, 7) is 11.6. The second kappa shape index (κ2) is 2.35. The topological polar surface area (TPSA) is 12.0 Å². The zero-order chi connectivity index (χ0) is 8.93. The smallest absolute Gasteiger partial charge is 0.0173 e. The SMILES string of the molecule is CC(C)=C1CNCC12C(C)C2C. The van der Waals surface area contributed by atoms with Crippen LogP contribution in [0.15, 0.2) is 11.1 Å². The van der Waals surface area contributed by atoms with Crippen molar-refractivity contribution in [2.75, 3.05) is 13.1 Å². The van der Waals surface area contributed by atoms with E-state index in [1.165, 1.54) is 12.1 Å². The van der Waals surface area contributed by atoms with Crippen LogP contribution < -0.4 is 5.32 Å². The molecule has 0 bridgehead atoms. The highest BCUT2D eigenvalue weighted by molar-refractivity contribution is 5.35. The zero-order valence-corrected chi connectivity index (χ0v) is 8.57. The van der Waals surface area contributed by atoms with E-state index in [-0.39, 0.29) is 0 Å². The highest BCUT2D eigenvalue weighted by Gasteiger charge is 2.62. The van der Waals surface area contributed by atoms with Crippen molar-refractivity contribution in [2.24, 2.45) is 17.3 Å². The highest BCUT2D eigenvalue weighted by Crippen LogP contribution is 2.64. The van der Waals surface area contributed by atoms with Gasteiger partial charge in [-0.2, -0.15) is 0 Å². The summed E-state index contributed by atoms with van der Waals surface area (Å²) in [5.74, 6) is 1.80. The maximum absolute atomic E-state index is 3.51. The standard InChI is InChI=1S/C11H19N/c1-7(2)10-5-12-6-11(10)8(3)9(11)4/h8-9,12H,5-6H2,1-4H3. The normalized spacial score (nSPS) is 45.5. The highest BCUT2D eigenvalue weighted by atomic mass is 15.0. The molecule has 68 valence electrons. The Balaban J connectivity index is 2.34. The molecule has 12 heavy (non-hydrogen) atoms. The van der Waals surface area contributed by atoms with Gasteiger partial charge in [0.05, 0.1) is 0 Å². The molecular weight excluding hydrogens is 146 g/mol. The van der Waals surface area contributed by atoms with Gasteiger partial charge in [0.15, 0.2) is 0 Å². The van der Waals surface area contributed by atoms with Crippen LogP contribution in [0.25, 0.3) is 0 Å². The van der Waals surface area contributed by atoms with Crippen LogP contribution >= 0.6 is 0 Å².